The van der Waals surface area contributed by atoms with Gasteiger partial charge in [0.15, 0.2) is 0 Å². The predicted octanol–water partition coefficient (Wildman–Crippen LogP) is 4.23. The van der Waals surface area contributed by atoms with E-state index < -0.39 is 0 Å². The quantitative estimate of drug-likeness (QED) is 0.772. The summed E-state index contributed by atoms with van der Waals surface area (Å²) in [5.41, 5.74) is 1.91. The molecule has 0 aliphatic heterocycles. The highest BCUT2D eigenvalue weighted by molar-refractivity contribution is 14.1. The van der Waals surface area contributed by atoms with Gasteiger partial charge < -0.3 is 5.32 Å². The van der Waals surface area contributed by atoms with Crippen LogP contribution in [0.3, 0.4) is 0 Å². The summed E-state index contributed by atoms with van der Waals surface area (Å²) in [5.74, 6) is 0.395. The Morgan fingerprint density at radius 1 is 1.20 bits per heavy atom. The molecular formula is C16H13ClINO. The van der Waals surface area contributed by atoms with E-state index in [1.807, 2.05) is 30.3 Å². The van der Waals surface area contributed by atoms with Crippen molar-refractivity contribution in [3.63, 3.8) is 0 Å². The molecule has 0 bridgehead atoms. The molecule has 1 amide bonds. The number of nitrogens with one attached hydrogen (secondary N) is 1. The highest BCUT2D eigenvalue weighted by Gasteiger charge is 2.39. The van der Waals surface area contributed by atoms with E-state index in [2.05, 4.69) is 40.0 Å². The number of carbonyl (C=O) groups excluding carboxylic acids is 1. The predicted molar refractivity (Wildman–Crippen MR) is 89.2 cm³/mol. The SMILES string of the molecule is O=C(NC1CC1c1ccccc1)c1ccc(I)c(Cl)c1. The molecule has 3 rings (SSSR count). The lowest BCUT2D eigenvalue weighted by molar-refractivity contribution is 0.0950. The van der Waals surface area contributed by atoms with E-state index in [1.54, 1.807) is 6.07 Å². The monoisotopic (exact) mass is 397 g/mol. The molecule has 1 fully saturated rings. The summed E-state index contributed by atoms with van der Waals surface area (Å²) in [6.45, 7) is 0. The van der Waals surface area contributed by atoms with Gasteiger partial charge in [-0.25, -0.2) is 0 Å². The first kappa shape index (κ1) is 13.9. The summed E-state index contributed by atoms with van der Waals surface area (Å²) < 4.78 is 0.953. The van der Waals surface area contributed by atoms with Crippen molar-refractivity contribution in [2.75, 3.05) is 0 Å². The number of hydrogen-bond acceptors (Lipinski definition) is 1. The first-order valence-electron chi connectivity index (χ1n) is 6.46. The molecule has 1 aliphatic rings. The zero-order chi connectivity index (χ0) is 14.1. The molecule has 2 atom stereocenters. The standard InChI is InChI=1S/C16H13ClINO/c17-13-8-11(6-7-14(13)18)16(20)19-15-9-12(15)10-4-2-1-3-5-10/h1-8,12,15H,9H2,(H,19,20). The van der Waals surface area contributed by atoms with E-state index in [9.17, 15) is 4.79 Å². The van der Waals surface area contributed by atoms with E-state index in [1.165, 1.54) is 5.56 Å². The normalized spacial score (nSPS) is 20.5. The number of rotatable bonds is 3. The molecule has 2 aromatic rings. The molecule has 0 heterocycles. The molecule has 2 aromatic carbocycles. The van der Waals surface area contributed by atoms with Gasteiger partial charge >= 0.3 is 0 Å². The van der Waals surface area contributed by atoms with Crippen molar-refractivity contribution in [3.05, 3.63) is 68.3 Å². The fourth-order valence-electron chi connectivity index (χ4n) is 2.31. The van der Waals surface area contributed by atoms with Gasteiger partial charge in [-0.1, -0.05) is 41.9 Å². The van der Waals surface area contributed by atoms with Crippen LogP contribution < -0.4 is 5.32 Å². The second-order valence-electron chi connectivity index (χ2n) is 4.96. The van der Waals surface area contributed by atoms with Gasteiger partial charge in [0.1, 0.15) is 0 Å². The summed E-state index contributed by atoms with van der Waals surface area (Å²) in [7, 11) is 0. The first-order valence-corrected chi connectivity index (χ1v) is 7.91. The van der Waals surface area contributed by atoms with Gasteiger partial charge in [-0.05, 0) is 52.8 Å². The minimum atomic E-state index is -0.0493. The molecular weight excluding hydrogens is 385 g/mol. The Bertz CT molecular complexity index is 644. The van der Waals surface area contributed by atoms with E-state index in [0.717, 1.165) is 9.99 Å². The Balaban J connectivity index is 1.65. The summed E-state index contributed by atoms with van der Waals surface area (Å²) in [6, 6.07) is 15.9. The smallest absolute Gasteiger partial charge is 0.251 e. The van der Waals surface area contributed by atoms with Crippen LogP contribution in [0.1, 0.15) is 28.3 Å². The molecule has 1 N–H and O–H groups in total. The fraction of sp³-hybridized carbons (Fsp3) is 0.188. The van der Waals surface area contributed by atoms with Crippen molar-refractivity contribution in [1.82, 2.24) is 5.32 Å². The lowest BCUT2D eigenvalue weighted by Gasteiger charge is -2.06. The number of halogens is 2. The van der Waals surface area contributed by atoms with Gasteiger partial charge in [0.25, 0.3) is 5.91 Å². The molecule has 4 heteroatoms. The molecule has 102 valence electrons. The second kappa shape index (κ2) is 5.74. The molecule has 0 saturated heterocycles. The van der Waals surface area contributed by atoms with Crippen molar-refractivity contribution in [1.29, 1.82) is 0 Å². The van der Waals surface area contributed by atoms with Crippen molar-refractivity contribution >= 4 is 40.1 Å². The molecule has 0 aromatic heterocycles. The van der Waals surface area contributed by atoms with Crippen molar-refractivity contribution < 1.29 is 4.79 Å². The molecule has 1 aliphatic carbocycles. The molecule has 20 heavy (non-hydrogen) atoms. The van der Waals surface area contributed by atoms with E-state index in [4.69, 9.17) is 11.6 Å². The highest BCUT2D eigenvalue weighted by atomic mass is 127. The van der Waals surface area contributed by atoms with Crippen molar-refractivity contribution in [3.8, 4) is 0 Å². The van der Waals surface area contributed by atoms with Gasteiger partial charge in [-0.2, -0.15) is 0 Å². The van der Waals surface area contributed by atoms with Crippen LogP contribution in [0.2, 0.25) is 5.02 Å². The molecule has 0 spiro atoms. The average Bonchev–Trinajstić information content (AvgIpc) is 3.22. The van der Waals surface area contributed by atoms with Gasteiger partial charge in [-0.15, -0.1) is 0 Å². The summed E-state index contributed by atoms with van der Waals surface area (Å²) in [4.78, 5) is 12.2. The minimum absolute atomic E-state index is 0.0493. The summed E-state index contributed by atoms with van der Waals surface area (Å²) in [5, 5.41) is 3.68. The second-order valence-corrected chi connectivity index (χ2v) is 6.53. The maximum absolute atomic E-state index is 12.2. The summed E-state index contributed by atoms with van der Waals surface area (Å²) >= 11 is 8.20. The van der Waals surface area contributed by atoms with Crippen LogP contribution in [-0.2, 0) is 0 Å². The van der Waals surface area contributed by atoms with Gasteiger partial charge in [0.2, 0.25) is 0 Å². The van der Waals surface area contributed by atoms with E-state index in [-0.39, 0.29) is 11.9 Å². The third-order valence-corrected chi connectivity index (χ3v) is 5.09. The number of carbonyl (C=O) groups is 1. The van der Waals surface area contributed by atoms with Gasteiger partial charge in [-0.3, -0.25) is 4.79 Å². The largest absolute Gasteiger partial charge is 0.349 e. The van der Waals surface area contributed by atoms with Crippen LogP contribution in [0.5, 0.6) is 0 Å². The molecule has 1 saturated carbocycles. The summed E-state index contributed by atoms with van der Waals surface area (Å²) in [6.07, 6.45) is 1.01. The minimum Gasteiger partial charge on any atom is -0.349 e. The van der Waals surface area contributed by atoms with Crippen molar-refractivity contribution in [2.45, 2.75) is 18.4 Å². The number of hydrogen-bond donors (Lipinski definition) is 1. The zero-order valence-electron chi connectivity index (χ0n) is 10.6. The van der Waals surface area contributed by atoms with Crippen LogP contribution in [0.15, 0.2) is 48.5 Å². The van der Waals surface area contributed by atoms with Crippen LogP contribution in [0.4, 0.5) is 0 Å². The van der Waals surface area contributed by atoms with Crippen LogP contribution in [0.25, 0.3) is 0 Å². The Kier molecular flexibility index (Phi) is 3.98. The van der Waals surface area contributed by atoms with E-state index in [0.29, 0.717) is 16.5 Å². The Morgan fingerprint density at radius 3 is 2.65 bits per heavy atom. The molecule has 2 nitrogen and oxygen atoms in total. The Morgan fingerprint density at radius 2 is 1.95 bits per heavy atom. The van der Waals surface area contributed by atoms with Crippen LogP contribution in [0, 0.1) is 3.57 Å². The third-order valence-electron chi connectivity index (χ3n) is 3.52. The maximum Gasteiger partial charge on any atom is 0.251 e. The third kappa shape index (κ3) is 2.99. The Labute approximate surface area is 136 Å². The van der Waals surface area contributed by atoms with Gasteiger partial charge in [0, 0.05) is 21.1 Å². The van der Waals surface area contributed by atoms with Crippen LogP contribution in [-0.4, -0.2) is 11.9 Å². The molecule has 0 radical (unpaired) electrons. The fourth-order valence-corrected chi connectivity index (χ4v) is 2.83. The average molecular weight is 398 g/mol. The number of amides is 1. The topological polar surface area (TPSA) is 29.1 Å². The first-order chi connectivity index (χ1) is 9.65. The van der Waals surface area contributed by atoms with Crippen molar-refractivity contribution in [2.24, 2.45) is 0 Å². The highest BCUT2D eigenvalue weighted by Crippen LogP contribution is 2.40. The number of benzene rings is 2. The lowest BCUT2D eigenvalue weighted by atomic mass is 10.1. The molecule has 2 unspecified atom stereocenters. The zero-order valence-corrected chi connectivity index (χ0v) is 13.6. The lowest BCUT2D eigenvalue weighted by Crippen LogP contribution is -2.26. The van der Waals surface area contributed by atoms with E-state index >= 15 is 0 Å². The van der Waals surface area contributed by atoms with Crippen LogP contribution >= 0.6 is 34.2 Å². The Hall–Kier alpha value is -1.07. The van der Waals surface area contributed by atoms with Gasteiger partial charge in [0.05, 0.1) is 5.02 Å². The maximum atomic E-state index is 12.2.